The minimum Gasteiger partial charge on any atom is -0.496 e. The first-order chi connectivity index (χ1) is 13.5. The molecule has 1 amide bonds. The van der Waals surface area contributed by atoms with Crippen molar-refractivity contribution in [2.75, 3.05) is 25.1 Å². The number of halogens is 1. The summed E-state index contributed by atoms with van der Waals surface area (Å²) in [4.78, 5) is 14.3. The van der Waals surface area contributed by atoms with Crippen molar-refractivity contribution in [3.63, 3.8) is 0 Å². The Kier molecular flexibility index (Phi) is 6.52. The van der Waals surface area contributed by atoms with Gasteiger partial charge < -0.3 is 19.7 Å². The van der Waals surface area contributed by atoms with Gasteiger partial charge in [0.15, 0.2) is 0 Å². The van der Waals surface area contributed by atoms with Crippen LogP contribution in [0.5, 0.6) is 5.75 Å². The number of rotatable bonds is 6. The van der Waals surface area contributed by atoms with E-state index in [1.54, 1.807) is 13.2 Å². The molecule has 2 atom stereocenters. The Bertz CT molecular complexity index is 817. The zero-order valence-corrected chi connectivity index (χ0v) is 16.6. The molecule has 3 rings (SSSR count). The molecule has 1 aliphatic heterocycles. The summed E-state index contributed by atoms with van der Waals surface area (Å²) in [5.41, 5.74) is 2.12. The van der Waals surface area contributed by atoms with Gasteiger partial charge in [0, 0.05) is 25.2 Å². The van der Waals surface area contributed by atoms with Crippen LogP contribution in [0.25, 0.3) is 0 Å². The van der Waals surface area contributed by atoms with Crippen LogP contribution >= 0.6 is 0 Å². The summed E-state index contributed by atoms with van der Waals surface area (Å²) in [6.07, 6.45) is 0.350. The highest BCUT2D eigenvalue weighted by Crippen LogP contribution is 2.24. The second kappa shape index (κ2) is 9.06. The first-order valence-electron chi connectivity index (χ1n) is 9.53. The third kappa shape index (κ3) is 5.01. The molecule has 0 aliphatic carbocycles. The summed E-state index contributed by atoms with van der Waals surface area (Å²) >= 11 is 0. The zero-order valence-electron chi connectivity index (χ0n) is 16.6. The molecule has 1 heterocycles. The lowest BCUT2D eigenvalue weighted by atomic mass is 10.1. The molecule has 2 aromatic rings. The van der Waals surface area contributed by atoms with Gasteiger partial charge in [-0.25, -0.2) is 4.39 Å². The van der Waals surface area contributed by atoms with Gasteiger partial charge in [0.25, 0.3) is 0 Å². The first-order valence-corrected chi connectivity index (χ1v) is 9.53. The van der Waals surface area contributed by atoms with Gasteiger partial charge in [0.1, 0.15) is 11.6 Å². The molecule has 0 spiro atoms. The molecule has 1 fully saturated rings. The molecule has 0 bridgehead atoms. The lowest BCUT2D eigenvalue weighted by Gasteiger charge is -2.37. The third-order valence-corrected chi connectivity index (χ3v) is 4.81. The smallest absolute Gasteiger partial charge is 0.224 e. The predicted molar refractivity (Wildman–Crippen MR) is 107 cm³/mol. The van der Waals surface area contributed by atoms with Crippen molar-refractivity contribution < 1.29 is 18.7 Å². The van der Waals surface area contributed by atoms with Crippen molar-refractivity contribution in [2.45, 2.75) is 39.0 Å². The Morgan fingerprint density at radius 1 is 1.21 bits per heavy atom. The van der Waals surface area contributed by atoms with Gasteiger partial charge in [-0.3, -0.25) is 4.79 Å². The van der Waals surface area contributed by atoms with E-state index in [-0.39, 0.29) is 36.9 Å². The minimum absolute atomic E-state index is 0.0668. The van der Waals surface area contributed by atoms with Crippen molar-refractivity contribution >= 4 is 11.6 Å². The number of hydrogen-bond acceptors (Lipinski definition) is 4. The number of hydrogen-bond donors (Lipinski definition) is 1. The Balaban J connectivity index is 1.59. The molecule has 1 aliphatic rings. The number of methoxy groups -OCH3 is 1. The fourth-order valence-electron chi connectivity index (χ4n) is 3.58. The molecule has 2 unspecified atom stereocenters. The van der Waals surface area contributed by atoms with Gasteiger partial charge in [0.2, 0.25) is 5.91 Å². The second-order valence-electron chi connectivity index (χ2n) is 7.21. The first kappa shape index (κ1) is 20.1. The number of ether oxygens (including phenoxy) is 2. The van der Waals surface area contributed by atoms with Crippen LogP contribution in [-0.2, 0) is 22.5 Å². The number of amides is 1. The van der Waals surface area contributed by atoms with Crippen LogP contribution in [0, 0.1) is 5.82 Å². The van der Waals surface area contributed by atoms with Crippen LogP contribution in [0.4, 0.5) is 10.1 Å². The number of anilines is 1. The van der Waals surface area contributed by atoms with E-state index >= 15 is 0 Å². The van der Waals surface area contributed by atoms with Crippen molar-refractivity contribution in [1.82, 2.24) is 5.32 Å². The number of benzene rings is 2. The van der Waals surface area contributed by atoms with Gasteiger partial charge in [-0.2, -0.15) is 0 Å². The summed E-state index contributed by atoms with van der Waals surface area (Å²) in [6.45, 7) is 5.59. The molecule has 6 heteroatoms. The highest BCUT2D eigenvalue weighted by molar-refractivity contribution is 5.79. The number of carbonyl (C=O) groups excluding carboxylic acids is 1. The van der Waals surface area contributed by atoms with E-state index < -0.39 is 0 Å². The summed E-state index contributed by atoms with van der Waals surface area (Å²) in [5, 5.41) is 2.84. The van der Waals surface area contributed by atoms with Crippen LogP contribution in [0.1, 0.15) is 25.0 Å². The maximum absolute atomic E-state index is 14.6. The number of para-hydroxylation sites is 1. The van der Waals surface area contributed by atoms with Crippen LogP contribution in [0.2, 0.25) is 0 Å². The van der Waals surface area contributed by atoms with Crippen LogP contribution < -0.4 is 15.0 Å². The predicted octanol–water partition coefficient (Wildman–Crippen LogP) is 3.31. The van der Waals surface area contributed by atoms with Gasteiger partial charge >= 0.3 is 0 Å². The molecule has 5 nitrogen and oxygen atoms in total. The monoisotopic (exact) mass is 386 g/mol. The van der Waals surface area contributed by atoms with Crippen LogP contribution in [0.15, 0.2) is 42.5 Å². The zero-order chi connectivity index (χ0) is 20.1. The van der Waals surface area contributed by atoms with E-state index in [9.17, 15) is 9.18 Å². The molecule has 28 heavy (non-hydrogen) atoms. The molecule has 0 radical (unpaired) electrons. The topological polar surface area (TPSA) is 50.8 Å². The molecule has 1 N–H and O–H groups in total. The molecular weight excluding hydrogens is 359 g/mol. The molecule has 0 saturated carbocycles. The van der Waals surface area contributed by atoms with Crippen molar-refractivity contribution in [3.8, 4) is 5.75 Å². The quantitative estimate of drug-likeness (QED) is 0.828. The van der Waals surface area contributed by atoms with Gasteiger partial charge in [-0.15, -0.1) is 0 Å². The van der Waals surface area contributed by atoms with E-state index in [0.29, 0.717) is 24.5 Å². The summed E-state index contributed by atoms with van der Waals surface area (Å²) in [6, 6.07) is 12.5. The molecule has 150 valence electrons. The Morgan fingerprint density at radius 3 is 2.61 bits per heavy atom. The highest BCUT2D eigenvalue weighted by Gasteiger charge is 2.24. The maximum Gasteiger partial charge on any atom is 0.224 e. The maximum atomic E-state index is 14.6. The fraction of sp³-hybridized carbons (Fsp3) is 0.409. The summed E-state index contributed by atoms with van der Waals surface area (Å²) in [7, 11) is 1.58. The standard InChI is InChI=1S/C22H27FN2O3/c1-15-13-25(14-16(2)28-15)20-9-8-17(10-19(20)23)12-24-22(26)11-18-6-4-5-7-21(18)27-3/h4-10,15-16H,11-14H2,1-3H3,(H,24,26). The Labute approximate surface area is 165 Å². The fourth-order valence-corrected chi connectivity index (χ4v) is 3.58. The lowest BCUT2D eigenvalue weighted by Crippen LogP contribution is -2.45. The average Bonchev–Trinajstić information content (AvgIpc) is 2.66. The van der Waals surface area contributed by atoms with Gasteiger partial charge in [0.05, 0.1) is 31.4 Å². The normalized spacial score (nSPS) is 19.4. The van der Waals surface area contributed by atoms with Crippen LogP contribution in [0.3, 0.4) is 0 Å². The SMILES string of the molecule is COc1ccccc1CC(=O)NCc1ccc(N2CC(C)OC(C)C2)c(F)c1. The van der Waals surface area contributed by atoms with E-state index in [1.165, 1.54) is 6.07 Å². The number of nitrogens with one attached hydrogen (secondary N) is 1. The molecule has 1 saturated heterocycles. The lowest BCUT2D eigenvalue weighted by molar-refractivity contribution is -0.120. The second-order valence-corrected chi connectivity index (χ2v) is 7.21. The number of morpholine rings is 1. The third-order valence-electron chi connectivity index (χ3n) is 4.81. The van der Waals surface area contributed by atoms with Crippen molar-refractivity contribution in [3.05, 3.63) is 59.4 Å². The highest BCUT2D eigenvalue weighted by atomic mass is 19.1. The van der Waals surface area contributed by atoms with Crippen LogP contribution in [-0.4, -0.2) is 38.3 Å². The average molecular weight is 386 g/mol. The number of nitrogens with zero attached hydrogens (tertiary/aromatic N) is 1. The Hall–Kier alpha value is -2.60. The van der Waals surface area contributed by atoms with E-state index in [0.717, 1.165) is 11.1 Å². The number of carbonyl (C=O) groups is 1. The largest absolute Gasteiger partial charge is 0.496 e. The molecule has 2 aromatic carbocycles. The van der Waals surface area contributed by atoms with Gasteiger partial charge in [-0.1, -0.05) is 24.3 Å². The molecular formula is C22H27FN2O3. The van der Waals surface area contributed by atoms with E-state index in [2.05, 4.69) is 5.32 Å². The van der Waals surface area contributed by atoms with Crippen molar-refractivity contribution in [2.24, 2.45) is 0 Å². The van der Waals surface area contributed by atoms with Gasteiger partial charge in [-0.05, 0) is 37.6 Å². The van der Waals surface area contributed by atoms with Crippen molar-refractivity contribution in [1.29, 1.82) is 0 Å². The summed E-state index contributed by atoms with van der Waals surface area (Å²) in [5.74, 6) is 0.268. The Morgan fingerprint density at radius 2 is 1.93 bits per heavy atom. The van der Waals surface area contributed by atoms with E-state index in [4.69, 9.17) is 9.47 Å². The summed E-state index contributed by atoms with van der Waals surface area (Å²) < 4.78 is 25.6. The molecule has 0 aromatic heterocycles. The van der Waals surface area contributed by atoms with E-state index in [1.807, 2.05) is 49.1 Å². The minimum atomic E-state index is -0.280.